The second-order valence-corrected chi connectivity index (χ2v) is 9.96. The fourth-order valence-electron chi connectivity index (χ4n) is 4.61. The molecule has 0 spiro atoms. The smallest absolute Gasteiger partial charge is 0.277 e. The summed E-state index contributed by atoms with van der Waals surface area (Å²) in [7, 11) is 1.62. The molecule has 5 rings (SSSR count). The van der Waals surface area contributed by atoms with Crippen molar-refractivity contribution >= 4 is 29.3 Å². The second kappa shape index (κ2) is 10.1. The minimum absolute atomic E-state index is 0.217. The van der Waals surface area contributed by atoms with E-state index in [2.05, 4.69) is 5.32 Å². The number of fused-ring (bicyclic) bond motifs is 1. The Kier molecular flexibility index (Phi) is 6.76. The molecule has 0 fully saturated rings. The molecular formula is C29H28N4O3S. The maximum atomic E-state index is 14.0. The lowest BCUT2D eigenvalue weighted by molar-refractivity contribution is -0.126. The summed E-state index contributed by atoms with van der Waals surface area (Å²) in [5.41, 5.74) is 2.43. The molecule has 1 aliphatic heterocycles. The molecule has 2 heterocycles. The third kappa shape index (κ3) is 4.72. The highest BCUT2D eigenvalue weighted by molar-refractivity contribution is 7.98. The summed E-state index contributed by atoms with van der Waals surface area (Å²) in [6.07, 6.45) is 1.99. The monoisotopic (exact) mass is 512 g/mol. The Morgan fingerprint density at radius 2 is 1.81 bits per heavy atom. The average molecular weight is 513 g/mol. The van der Waals surface area contributed by atoms with E-state index < -0.39 is 5.54 Å². The van der Waals surface area contributed by atoms with Gasteiger partial charge in [0.25, 0.3) is 5.91 Å². The van der Waals surface area contributed by atoms with Gasteiger partial charge in [-0.25, -0.2) is 0 Å². The van der Waals surface area contributed by atoms with Gasteiger partial charge in [0.1, 0.15) is 17.0 Å². The van der Waals surface area contributed by atoms with Gasteiger partial charge < -0.3 is 10.1 Å². The van der Waals surface area contributed by atoms with E-state index in [-0.39, 0.29) is 18.4 Å². The van der Waals surface area contributed by atoms with Gasteiger partial charge >= 0.3 is 0 Å². The van der Waals surface area contributed by atoms with Gasteiger partial charge in [-0.05, 0) is 67.3 Å². The first kappa shape index (κ1) is 24.6. The van der Waals surface area contributed by atoms with Crippen molar-refractivity contribution in [2.45, 2.75) is 30.4 Å². The zero-order valence-corrected chi connectivity index (χ0v) is 21.8. The third-order valence-corrected chi connectivity index (χ3v) is 7.36. The van der Waals surface area contributed by atoms with Crippen LogP contribution in [0.5, 0.6) is 5.75 Å². The van der Waals surface area contributed by atoms with Gasteiger partial charge in [0, 0.05) is 22.7 Å². The number of methoxy groups -OCH3 is 1. The number of carbonyl (C=O) groups excluding carboxylic acids is 2. The quantitative estimate of drug-likeness (QED) is 0.352. The fourth-order valence-corrected chi connectivity index (χ4v) is 5.06. The number of anilines is 1. The van der Waals surface area contributed by atoms with Crippen molar-refractivity contribution in [3.05, 3.63) is 96.2 Å². The Balaban J connectivity index is 1.54. The molecule has 0 unspecified atom stereocenters. The molecular weight excluding hydrogens is 484 g/mol. The molecule has 2 amide bonds. The van der Waals surface area contributed by atoms with E-state index in [0.29, 0.717) is 23.6 Å². The molecule has 1 aliphatic rings. The van der Waals surface area contributed by atoms with Gasteiger partial charge in [0.05, 0.1) is 19.3 Å². The van der Waals surface area contributed by atoms with Gasteiger partial charge in [-0.3, -0.25) is 19.2 Å². The molecule has 0 saturated heterocycles. The molecule has 1 atom stereocenters. The van der Waals surface area contributed by atoms with Gasteiger partial charge in [-0.15, -0.1) is 11.8 Å². The number of thioether (sulfide) groups is 1. The molecule has 7 nitrogen and oxygen atoms in total. The molecule has 3 aromatic carbocycles. The molecule has 0 saturated carbocycles. The minimum atomic E-state index is -1.20. The lowest BCUT2D eigenvalue weighted by atomic mass is 9.93. The third-order valence-electron chi connectivity index (χ3n) is 6.64. The van der Waals surface area contributed by atoms with Crippen LogP contribution in [0.2, 0.25) is 0 Å². The molecule has 0 bridgehead atoms. The molecule has 1 N–H and O–H groups in total. The zero-order chi connectivity index (χ0) is 26.0. The standard InChI is InChI=1S/C29H28N4O3S/c1-29(28(35)30-18-20-8-5-4-6-9-20)19-32-26(17-25(31-32)21-12-14-23(36-2)15-13-21)27(34)33(29)22-10-7-11-24(16-22)37-3/h4-17H,18-19H2,1-3H3,(H,30,35)/t29-/m1/s1. The zero-order valence-electron chi connectivity index (χ0n) is 21.0. The number of benzene rings is 3. The first-order valence-corrected chi connectivity index (χ1v) is 13.2. The molecule has 0 radical (unpaired) electrons. The van der Waals surface area contributed by atoms with Crippen LogP contribution < -0.4 is 15.0 Å². The number of carbonyl (C=O) groups is 2. The van der Waals surface area contributed by atoms with Gasteiger partial charge in [0.2, 0.25) is 5.91 Å². The second-order valence-electron chi connectivity index (χ2n) is 9.09. The van der Waals surface area contributed by atoms with E-state index in [9.17, 15) is 9.59 Å². The summed E-state index contributed by atoms with van der Waals surface area (Å²) in [5, 5.41) is 7.78. The van der Waals surface area contributed by atoms with Crippen LogP contribution in [0.1, 0.15) is 23.0 Å². The number of hydrogen-bond acceptors (Lipinski definition) is 5. The minimum Gasteiger partial charge on any atom is -0.497 e. The van der Waals surface area contributed by atoms with Crippen LogP contribution in [0.25, 0.3) is 11.3 Å². The van der Waals surface area contributed by atoms with Crippen molar-refractivity contribution in [3.8, 4) is 17.0 Å². The van der Waals surface area contributed by atoms with Gasteiger partial charge in [-0.2, -0.15) is 5.10 Å². The molecule has 0 aliphatic carbocycles. The number of nitrogens with zero attached hydrogens (tertiary/aromatic N) is 3. The van der Waals surface area contributed by atoms with Crippen LogP contribution in [-0.2, 0) is 17.9 Å². The molecule has 37 heavy (non-hydrogen) atoms. The lowest BCUT2D eigenvalue weighted by Crippen LogP contribution is -2.64. The van der Waals surface area contributed by atoms with Gasteiger partial charge in [0.15, 0.2) is 0 Å². The van der Waals surface area contributed by atoms with Crippen molar-refractivity contribution in [2.24, 2.45) is 0 Å². The van der Waals surface area contributed by atoms with E-state index >= 15 is 0 Å². The van der Waals surface area contributed by atoms with Crippen LogP contribution in [0.15, 0.2) is 89.8 Å². The Labute approximate surface area is 220 Å². The predicted molar refractivity (Wildman–Crippen MR) is 146 cm³/mol. The Bertz CT molecular complexity index is 1440. The highest BCUT2D eigenvalue weighted by atomic mass is 32.2. The van der Waals surface area contributed by atoms with Crippen molar-refractivity contribution in [2.75, 3.05) is 18.3 Å². The first-order valence-electron chi connectivity index (χ1n) is 12.0. The van der Waals surface area contributed by atoms with Gasteiger partial charge in [-0.1, -0.05) is 36.4 Å². The topological polar surface area (TPSA) is 76.5 Å². The Morgan fingerprint density at radius 1 is 1.05 bits per heavy atom. The molecule has 4 aromatic rings. The van der Waals surface area contributed by atoms with Crippen LogP contribution in [-0.4, -0.2) is 40.5 Å². The largest absolute Gasteiger partial charge is 0.497 e. The molecule has 8 heteroatoms. The molecule has 1 aromatic heterocycles. The summed E-state index contributed by atoms with van der Waals surface area (Å²) < 4.78 is 6.91. The SMILES string of the molecule is COc1ccc(-c2cc3n(n2)C[C@](C)(C(=O)NCc2ccccc2)N(c2cccc(SC)c2)C3=O)cc1. The normalized spacial score (nSPS) is 16.8. The highest BCUT2D eigenvalue weighted by Crippen LogP contribution is 2.35. The average Bonchev–Trinajstić information content (AvgIpc) is 3.36. The Hall–Kier alpha value is -4.04. The number of amides is 2. The number of hydrogen-bond donors (Lipinski definition) is 1. The van der Waals surface area contributed by atoms with E-state index in [4.69, 9.17) is 9.84 Å². The summed E-state index contributed by atoms with van der Waals surface area (Å²) >= 11 is 1.59. The maximum absolute atomic E-state index is 14.0. The summed E-state index contributed by atoms with van der Waals surface area (Å²) in [6, 6.07) is 26.8. The number of rotatable bonds is 7. The number of aromatic nitrogens is 2. The summed E-state index contributed by atoms with van der Waals surface area (Å²) in [5.74, 6) is 0.229. The van der Waals surface area contributed by atoms with Crippen molar-refractivity contribution in [3.63, 3.8) is 0 Å². The maximum Gasteiger partial charge on any atom is 0.277 e. The van der Waals surface area contributed by atoms with Crippen molar-refractivity contribution in [1.82, 2.24) is 15.1 Å². The van der Waals surface area contributed by atoms with Crippen LogP contribution >= 0.6 is 11.8 Å². The highest BCUT2D eigenvalue weighted by Gasteiger charge is 2.49. The fraction of sp³-hybridized carbons (Fsp3) is 0.207. The predicted octanol–water partition coefficient (Wildman–Crippen LogP) is 5.02. The van der Waals surface area contributed by atoms with Crippen LogP contribution in [0, 0.1) is 0 Å². The number of nitrogens with one attached hydrogen (secondary N) is 1. The van der Waals surface area contributed by atoms with E-state index in [0.717, 1.165) is 21.8 Å². The van der Waals surface area contributed by atoms with Crippen molar-refractivity contribution in [1.29, 1.82) is 0 Å². The van der Waals surface area contributed by atoms with Crippen LogP contribution in [0.3, 0.4) is 0 Å². The first-order chi connectivity index (χ1) is 17.9. The van der Waals surface area contributed by atoms with E-state index in [1.807, 2.05) is 85.1 Å². The summed E-state index contributed by atoms with van der Waals surface area (Å²) in [4.78, 5) is 30.4. The molecule has 188 valence electrons. The number of ether oxygens (including phenoxy) is 1. The summed E-state index contributed by atoms with van der Waals surface area (Å²) in [6.45, 7) is 2.38. The van der Waals surface area contributed by atoms with Crippen LogP contribution in [0.4, 0.5) is 5.69 Å². The van der Waals surface area contributed by atoms with Crippen molar-refractivity contribution < 1.29 is 14.3 Å². The Morgan fingerprint density at radius 3 is 2.51 bits per heavy atom. The van der Waals surface area contributed by atoms with E-state index in [1.54, 1.807) is 41.4 Å². The van der Waals surface area contributed by atoms with E-state index in [1.165, 1.54) is 0 Å². The lowest BCUT2D eigenvalue weighted by Gasteiger charge is -2.43.